The topological polar surface area (TPSA) is 176 Å². The van der Waals surface area contributed by atoms with Gasteiger partial charge in [-0.2, -0.15) is 0 Å². The maximum absolute atomic E-state index is 14.3. The second kappa shape index (κ2) is 25.7. The molecule has 4 N–H and O–H groups in total. The van der Waals surface area contributed by atoms with E-state index in [1.54, 1.807) is 35.2 Å². The number of aldehydes is 2. The average molecular weight is 925 g/mol. The summed E-state index contributed by atoms with van der Waals surface area (Å²) in [5.41, 5.74) is 11.6. The average Bonchev–Trinajstić information content (AvgIpc) is 3.35. The Morgan fingerprint density at radius 3 is 2.06 bits per heavy atom. The molecule has 0 atom stereocenters. The zero-order valence-corrected chi connectivity index (χ0v) is 39.1. The van der Waals surface area contributed by atoms with E-state index in [9.17, 15) is 23.6 Å². The van der Waals surface area contributed by atoms with Gasteiger partial charge < -0.3 is 40.7 Å². The zero-order chi connectivity index (χ0) is 47.6. The van der Waals surface area contributed by atoms with Crippen LogP contribution in [0, 0.1) is 17.1 Å². The quantitative estimate of drug-likeness (QED) is 0.0848. The molecule has 4 aromatic rings. The number of piperidine rings is 1. The number of anilines is 1. The molecule has 0 aliphatic carbocycles. The third-order valence-electron chi connectivity index (χ3n) is 12.3. The van der Waals surface area contributed by atoms with Gasteiger partial charge in [-0.3, -0.25) is 24.2 Å². The van der Waals surface area contributed by atoms with Crippen LogP contribution in [0.4, 0.5) is 10.1 Å². The molecule has 352 valence electrons. The van der Waals surface area contributed by atoms with Crippen LogP contribution in [0.15, 0.2) is 79.0 Å². The molecule has 1 aromatic heterocycles. The number of alkyl halides is 1. The summed E-state index contributed by atoms with van der Waals surface area (Å²) in [7, 11) is 3.83. The fourth-order valence-electron chi connectivity index (χ4n) is 8.35. The van der Waals surface area contributed by atoms with Crippen LogP contribution in [-0.4, -0.2) is 164 Å². The summed E-state index contributed by atoms with van der Waals surface area (Å²) in [6, 6.07) is 21.4. The number of carbonyl (C=O) groups is 5. The van der Waals surface area contributed by atoms with Gasteiger partial charge in [-0.25, -0.2) is 9.37 Å². The fourth-order valence-corrected chi connectivity index (χ4v) is 8.35. The van der Waals surface area contributed by atoms with Crippen molar-refractivity contribution in [1.82, 2.24) is 29.5 Å². The molecule has 3 amide bonds. The number of halogens is 2. The predicted octanol–water partition coefficient (Wildman–Crippen LogP) is 5.37. The number of likely N-dealkylation sites (N-methyl/N-ethyl adjacent to an activating group) is 1. The Bertz CT molecular complexity index is 2290. The fraction of sp³-hybridized carbons (Fsp3) is 0.420. The molecule has 0 radical (unpaired) electrons. The Balaban J connectivity index is 0.000000233. The van der Waals surface area contributed by atoms with Crippen molar-refractivity contribution in [3.05, 3.63) is 118 Å². The number of aromatic nitrogens is 1. The van der Waals surface area contributed by atoms with Crippen LogP contribution in [0.2, 0.25) is 0 Å². The molecule has 14 nitrogen and oxygen atoms in total. The summed E-state index contributed by atoms with van der Waals surface area (Å²) >= 11 is 4.82. The van der Waals surface area contributed by atoms with Crippen molar-refractivity contribution in [2.75, 3.05) is 104 Å². The molecule has 66 heavy (non-hydrogen) atoms. The number of nitrogens with two attached hydrogens (primary N) is 1. The summed E-state index contributed by atoms with van der Waals surface area (Å²) in [5, 5.41) is 11.5. The number of amides is 3. The van der Waals surface area contributed by atoms with Crippen LogP contribution < -0.4 is 11.1 Å². The maximum Gasteiger partial charge on any atom is 0.274 e. The maximum atomic E-state index is 14.3. The minimum atomic E-state index is -0.606. The third-order valence-corrected chi connectivity index (χ3v) is 12.4. The molecule has 0 bridgehead atoms. The van der Waals surface area contributed by atoms with Crippen LogP contribution in [0.25, 0.3) is 11.1 Å². The molecule has 16 heteroatoms. The predicted molar refractivity (Wildman–Crippen MR) is 258 cm³/mol. The van der Waals surface area contributed by atoms with Gasteiger partial charge in [0.1, 0.15) is 18.4 Å². The highest BCUT2D eigenvalue weighted by Gasteiger charge is 2.28. The molecule has 3 aliphatic heterocycles. The molecule has 7 rings (SSSR count). The van der Waals surface area contributed by atoms with Crippen molar-refractivity contribution in [1.29, 1.82) is 5.41 Å². The monoisotopic (exact) mass is 923 g/mol. The normalized spacial score (nSPS) is 16.0. The van der Waals surface area contributed by atoms with E-state index in [0.29, 0.717) is 48.7 Å². The van der Waals surface area contributed by atoms with Crippen molar-refractivity contribution in [3.8, 4) is 11.1 Å². The lowest BCUT2D eigenvalue weighted by Gasteiger charge is -2.38. The summed E-state index contributed by atoms with van der Waals surface area (Å²) in [6.07, 6.45) is 6.90. The van der Waals surface area contributed by atoms with Gasteiger partial charge in [-0.15, -0.1) is 11.6 Å². The number of nitrogens with zero attached hydrogens (tertiary/aromatic N) is 6. The highest BCUT2D eigenvalue weighted by atomic mass is 35.5. The number of hydrogen-bond acceptors (Lipinski definition) is 11. The number of rotatable bonds is 14. The number of hydrogen-bond donors (Lipinski definition) is 3. The number of aryl methyl sites for hydroxylation is 1. The number of pyridine rings is 1. The summed E-state index contributed by atoms with van der Waals surface area (Å²) < 4.78 is 14.3. The van der Waals surface area contributed by atoms with E-state index in [2.05, 4.69) is 56.2 Å². The van der Waals surface area contributed by atoms with Crippen LogP contribution in [0.1, 0.15) is 67.7 Å². The molecular weight excluding hydrogens is 861 g/mol. The van der Waals surface area contributed by atoms with Crippen molar-refractivity contribution < 1.29 is 28.4 Å². The Hall–Kier alpha value is -5.87. The number of primary amides is 1. The SMILES string of the molecule is CCc1cccc(-c2cnc(C(=O)N3CCN(CC4CCN(CC=O)CC4)CC3)c(NC)c2)c1.CN1CCN(C(=O)c2cc(CC(=N)c3ccccc3C(N)=O)ccc2F)CC1.O=CCCl. The largest absolute Gasteiger partial charge is 0.386 e. The van der Waals surface area contributed by atoms with E-state index in [1.165, 1.54) is 17.7 Å². The molecule has 3 aromatic carbocycles. The van der Waals surface area contributed by atoms with Crippen LogP contribution in [0.3, 0.4) is 0 Å². The Kier molecular flexibility index (Phi) is 19.9. The summed E-state index contributed by atoms with van der Waals surface area (Å²) in [6.45, 7) is 11.7. The first-order chi connectivity index (χ1) is 31.9. The van der Waals surface area contributed by atoms with Crippen molar-refractivity contribution >= 4 is 53.3 Å². The first-order valence-electron chi connectivity index (χ1n) is 22.6. The third kappa shape index (κ3) is 14.3. The van der Waals surface area contributed by atoms with E-state index in [0.717, 1.165) is 101 Å². The number of likely N-dealkylation sites (tertiary alicyclic amines) is 1. The highest BCUT2D eigenvalue weighted by molar-refractivity contribution is 6.24. The lowest BCUT2D eigenvalue weighted by atomic mass is 9.96. The van der Waals surface area contributed by atoms with Gasteiger partial charge in [-0.05, 0) is 86.3 Å². The van der Waals surface area contributed by atoms with Crippen molar-refractivity contribution in [3.63, 3.8) is 0 Å². The smallest absolute Gasteiger partial charge is 0.274 e. The molecule has 0 unspecified atom stereocenters. The Morgan fingerprint density at radius 1 is 0.788 bits per heavy atom. The Labute approximate surface area is 392 Å². The van der Waals surface area contributed by atoms with Gasteiger partial charge in [0.15, 0.2) is 5.69 Å². The van der Waals surface area contributed by atoms with E-state index in [1.807, 2.05) is 31.3 Å². The minimum Gasteiger partial charge on any atom is -0.386 e. The van der Waals surface area contributed by atoms with Crippen LogP contribution in [-0.2, 0) is 22.4 Å². The van der Waals surface area contributed by atoms with E-state index in [4.69, 9.17) is 27.5 Å². The first kappa shape index (κ1) is 51.1. The molecule has 0 spiro atoms. The molecule has 3 fully saturated rings. The highest BCUT2D eigenvalue weighted by Crippen LogP contribution is 2.27. The second-order valence-electron chi connectivity index (χ2n) is 16.7. The van der Waals surface area contributed by atoms with E-state index in [-0.39, 0.29) is 41.0 Å². The van der Waals surface area contributed by atoms with Gasteiger partial charge in [0, 0.05) is 101 Å². The minimum absolute atomic E-state index is 0.0000278. The number of carbonyl (C=O) groups excluding carboxylic acids is 5. The zero-order valence-electron chi connectivity index (χ0n) is 38.3. The van der Waals surface area contributed by atoms with E-state index >= 15 is 0 Å². The van der Waals surface area contributed by atoms with Gasteiger partial charge in [0.2, 0.25) is 5.91 Å². The lowest BCUT2D eigenvalue weighted by Crippen LogP contribution is -2.50. The Morgan fingerprint density at radius 2 is 1.44 bits per heavy atom. The second-order valence-corrected chi connectivity index (χ2v) is 17.0. The lowest BCUT2D eigenvalue weighted by molar-refractivity contribution is -0.109. The van der Waals surface area contributed by atoms with Crippen molar-refractivity contribution in [2.45, 2.75) is 32.6 Å². The van der Waals surface area contributed by atoms with Crippen molar-refractivity contribution in [2.24, 2.45) is 11.7 Å². The van der Waals surface area contributed by atoms with Crippen LogP contribution >= 0.6 is 11.6 Å². The molecule has 0 saturated carbocycles. The number of nitrogens with one attached hydrogen (secondary N) is 2. The molecule has 4 heterocycles. The number of piperazine rings is 2. The summed E-state index contributed by atoms with van der Waals surface area (Å²) in [5.74, 6) is -0.722. The van der Waals surface area contributed by atoms with E-state index < -0.39 is 11.7 Å². The van der Waals surface area contributed by atoms with Gasteiger partial charge in [0.05, 0.1) is 23.7 Å². The first-order valence-corrected chi connectivity index (χ1v) is 23.1. The molecule has 3 saturated heterocycles. The van der Waals surface area contributed by atoms with Gasteiger partial charge >= 0.3 is 0 Å². The van der Waals surface area contributed by atoms with Gasteiger partial charge in [0.25, 0.3) is 11.8 Å². The van der Waals surface area contributed by atoms with Crippen LogP contribution in [0.5, 0.6) is 0 Å². The number of benzene rings is 3. The molecular formula is C50H63ClFN9O5. The standard InChI is InChI=1S/C27H37N5O2.C21H23FN4O2.C2H3ClO/c1-3-21-5-4-6-23(17-21)24-18-25(28-2)26(29-19-24)27(34)32-13-11-31(12-14-32)20-22-7-9-30(10-8-22)15-16-33;1-25-8-10-26(11-9-25)21(28)17-12-14(6-7-18(17)22)13-19(23)15-4-2-3-5-16(15)20(24)27;3-1-2-4/h4-6,16-19,22,28H,3,7-15,20H2,1-2H3;2-7,12,23H,8-11,13H2,1H3,(H2,24,27);2H,1H2. The van der Waals surface area contributed by atoms with Gasteiger partial charge in [-0.1, -0.05) is 55.5 Å². The molecule has 3 aliphatic rings. The summed E-state index contributed by atoms with van der Waals surface area (Å²) in [4.78, 5) is 72.4.